The molecule has 14 rings (SSSR count). The molecule has 0 spiro atoms. The van der Waals surface area contributed by atoms with E-state index in [1.165, 1.54) is 87.5 Å². The first-order valence-electron chi connectivity index (χ1n) is 28.9. The van der Waals surface area contributed by atoms with Crippen molar-refractivity contribution < 1.29 is 99.3 Å². The van der Waals surface area contributed by atoms with Crippen LogP contribution in [0.3, 0.4) is 0 Å². The molecule has 17 nitrogen and oxygen atoms in total. The molecule has 0 amide bonds. The molecular formula is C69H47B2BrCl2F2K3N9O8P. The molecule has 1 atom stereocenters. The van der Waals surface area contributed by atoms with Crippen molar-refractivity contribution in [2.24, 2.45) is 0 Å². The molecule has 0 aliphatic carbocycles. The first kappa shape index (κ1) is 79.2. The van der Waals surface area contributed by atoms with Crippen LogP contribution in [0, 0.1) is 11.6 Å². The fraction of sp³-hybridized carbons (Fsp3) is 0. The zero-order valence-corrected chi connectivity index (χ0v) is 65.2. The van der Waals surface area contributed by atoms with Gasteiger partial charge < -0.3 is 29.9 Å². The van der Waals surface area contributed by atoms with E-state index >= 15 is 0 Å². The summed E-state index contributed by atoms with van der Waals surface area (Å²) in [4.78, 5) is 47.1. The number of benzene rings is 5. The van der Waals surface area contributed by atoms with Gasteiger partial charge in [-0.2, -0.15) is 0 Å². The van der Waals surface area contributed by atoms with Gasteiger partial charge in [-0.15, -0.1) is 0 Å². The Morgan fingerprint density at radius 2 is 0.866 bits per heavy atom. The fourth-order valence-corrected chi connectivity index (χ4v) is 9.67. The Labute approximate surface area is 664 Å². The second-order valence-electron chi connectivity index (χ2n) is 19.6. The molecule has 1 unspecified atom stereocenters. The van der Waals surface area contributed by atoms with Crippen LogP contribution < -0.4 is 71.7 Å². The number of aromatic nitrogens is 9. The van der Waals surface area contributed by atoms with Gasteiger partial charge in [-0.25, -0.2) is 23.4 Å². The number of pyridine rings is 9. The molecule has 14 aromatic rings. The van der Waals surface area contributed by atoms with Gasteiger partial charge in [0.05, 0.1) is 22.2 Å². The summed E-state index contributed by atoms with van der Waals surface area (Å²) < 4.78 is 43.3. The first-order chi connectivity index (χ1) is 46.7. The Balaban J connectivity index is 0.000000174. The van der Waals surface area contributed by atoms with Gasteiger partial charge in [0.2, 0.25) is 0 Å². The molecule has 9 heterocycles. The molecule has 97 heavy (non-hydrogen) atoms. The van der Waals surface area contributed by atoms with E-state index in [0.717, 1.165) is 92.8 Å². The van der Waals surface area contributed by atoms with Crippen molar-refractivity contribution in [3.05, 3.63) is 295 Å². The molecule has 3 N–H and O–H groups in total. The van der Waals surface area contributed by atoms with Gasteiger partial charge >= 0.3 is 138 Å². The molecule has 0 aliphatic rings. The van der Waals surface area contributed by atoms with Gasteiger partial charge in [0.15, 0.2) is 5.82 Å². The van der Waals surface area contributed by atoms with Crippen molar-refractivity contribution in [1.29, 1.82) is 0 Å². The van der Waals surface area contributed by atoms with E-state index < -0.39 is 21.2 Å². The third-order valence-electron chi connectivity index (χ3n) is 13.4. The Morgan fingerprint density at radius 1 is 0.474 bits per heavy atom. The summed E-state index contributed by atoms with van der Waals surface area (Å²) in [5, 5.41) is 38.5. The van der Waals surface area contributed by atoms with E-state index in [4.69, 9.17) is 53.0 Å². The van der Waals surface area contributed by atoms with Crippen LogP contribution in [-0.4, -0.2) is 138 Å². The average Bonchev–Trinajstić information content (AvgIpc) is 0.865. The fourth-order valence-electron chi connectivity index (χ4n) is 8.96. The number of nitrogens with zero attached hydrogens (tertiary/aromatic N) is 9. The summed E-state index contributed by atoms with van der Waals surface area (Å²) in [6.07, 6.45) is 21.1. The van der Waals surface area contributed by atoms with Crippen molar-refractivity contribution in [2.45, 2.75) is 0 Å². The van der Waals surface area contributed by atoms with Gasteiger partial charge in [-0.1, -0.05) is 108 Å². The third kappa shape index (κ3) is 24.9. The molecule has 0 saturated heterocycles. The molecule has 0 fully saturated rings. The normalized spacial score (nSPS) is 10.3. The third-order valence-corrected chi connectivity index (χ3v) is 14.3. The molecule has 0 bridgehead atoms. The first-order valence-corrected chi connectivity index (χ1v) is 47.5. The van der Waals surface area contributed by atoms with Crippen molar-refractivity contribution in [2.75, 3.05) is 0 Å². The summed E-state index contributed by atoms with van der Waals surface area (Å²) >= 11 is 17.6. The van der Waals surface area contributed by atoms with Crippen molar-refractivity contribution in [3.63, 3.8) is 0 Å². The van der Waals surface area contributed by atoms with Gasteiger partial charge in [-0.3, -0.25) is 34.9 Å². The van der Waals surface area contributed by atoms with E-state index in [9.17, 15) is 8.78 Å². The quantitative estimate of drug-likeness (QED) is 0.0378. The molecule has 465 valence electrons. The Morgan fingerprint density at radius 3 is 1.32 bits per heavy atom. The van der Waals surface area contributed by atoms with E-state index in [1.807, 2.05) is 146 Å². The molecular weight excluding hydrogens is 1440 g/mol. The number of hydrogen-bond acceptors (Lipinski definition) is 17. The summed E-state index contributed by atoms with van der Waals surface area (Å²) in [5.41, 5.74) is 14.2. The zero-order chi connectivity index (χ0) is 68.2. The minimum atomic E-state index is -3.15. The monoisotopic (exact) mass is 1490 g/mol. The molecule has 0 saturated carbocycles. The van der Waals surface area contributed by atoms with Gasteiger partial charge in [0.25, 0.3) is 0 Å². The SMILES string of the molecule is Clc1cc(-c2cncc(-c3cnc4ccccc4c3)c2)ccn1.Clc1cc(-c2cncc(Br)c2)ccn1.Fc1ccccc1-c1cc(-c2cncc(-c3cnc4ccccc4c3)c2)ccn1.O=[P+]([O-])O[O-].OB(O)c1cnc2ccccc2c1.O[B]Oc1ccccc1F.[K+].[K][K]. The number of rotatable bonds is 10. The number of hydrogen-bond donors (Lipinski definition) is 3. The van der Waals surface area contributed by atoms with Crippen LogP contribution in [0.25, 0.3) is 99.6 Å². The molecule has 9 aromatic heterocycles. The van der Waals surface area contributed by atoms with Gasteiger partial charge in [0, 0.05) is 140 Å². The van der Waals surface area contributed by atoms with Gasteiger partial charge in [0.1, 0.15) is 21.9 Å². The summed E-state index contributed by atoms with van der Waals surface area (Å²) in [6.45, 7) is 0. The van der Waals surface area contributed by atoms with E-state index in [1.54, 1.807) is 67.5 Å². The van der Waals surface area contributed by atoms with Gasteiger partial charge in [-0.05, 0) is 152 Å². The zero-order valence-electron chi connectivity index (χ0n) is 51.8. The maximum absolute atomic E-state index is 14.2. The minimum absolute atomic E-state index is 0. The second-order valence-corrected chi connectivity index (χ2v) is 21.9. The van der Waals surface area contributed by atoms with Crippen LogP contribution in [0.4, 0.5) is 8.78 Å². The van der Waals surface area contributed by atoms with Crippen molar-refractivity contribution >= 4 is 164 Å². The van der Waals surface area contributed by atoms with Crippen LogP contribution in [0.2, 0.25) is 10.3 Å². The number of para-hydroxylation sites is 4. The molecule has 0 aliphatic heterocycles. The summed E-state index contributed by atoms with van der Waals surface area (Å²) in [6, 6.07) is 59.5. The van der Waals surface area contributed by atoms with Crippen LogP contribution in [0.1, 0.15) is 0 Å². The topological polar surface area (TPSA) is 258 Å². The van der Waals surface area contributed by atoms with Crippen LogP contribution in [0.5, 0.6) is 5.75 Å². The Kier molecular flexibility index (Phi) is 34.4. The van der Waals surface area contributed by atoms with Crippen LogP contribution in [0.15, 0.2) is 273 Å². The molecule has 5 aromatic carbocycles. The maximum atomic E-state index is 14.2. The standard InChI is InChI=1S/C25H16FN3.C19H12ClN3.C10H6BrClN2.C9H8BNO2.C6H5BFO2.3K.HO4P/c26-23-7-3-2-6-22(23)25-13-17(9-10-28-25)19-12-20(15-27-14-19)21-11-18-5-1-4-8-24(18)29-16-21;20-19-9-13(5-6-22-19)15-8-16(11-21-10-15)17-7-14-3-1-2-4-18(14)23-12-17;11-9-3-8(5-13-6-9)7-1-2-14-10(12)4-7;12-10(13)8-5-7-3-1-2-4-9(7)11-6-8;8-5-3-1-2-4-6(5)10-7-9;;;;1-4-5(2)3/h1-16H;1-12H;1-6H;1-6,12-13H;1-4,9H;;;;1H/q;;;;;;;+1;/p-1. The number of halogens is 5. The van der Waals surface area contributed by atoms with Crippen molar-refractivity contribution in [1.82, 2.24) is 44.9 Å². The van der Waals surface area contributed by atoms with E-state index in [0.29, 0.717) is 34.7 Å². The van der Waals surface area contributed by atoms with Crippen molar-refractivity contribution in [3.8, 4) is 72.6 Å². The second kappa shape index (κ2) is 42.2. The summed E-state index contributed by atoms with van der Waals surface area (Å²) in [7, 11) is -4.16. The predicted molar refractivity (Wildman–Crippen MR) is 374 cm³/mol. The number of fused-ring (bicyclic) bond motifs is 3. The average molecular weight is 1490 g/mol. The van der Waals surface area contributed by atoms with Crippen LogP contribution in [-0.2, 0) is 9.24 Å². The molecule has 28 heteroatoms. The van der Waals surface area contributed by atoms with E-state index in [2.05, 4.69) is 100 Å². The Bertz CT molecular complexity index is 4850. The van der Waals surface area contributed by atoms with Crippen LogP contribution >= 0.6 is 47.4 Å². The molecule has 1 radical (unpaired) electrons. The Hall–Kier alpha value is -5.15. The van der Waals surface area contributed by atoms with E-state index in [-0.39, 0.29) is 63.0 Å². The predicted octanol–water partition coefficient (Wildman–Crippen LogP) is 9.92. The summed E-state index contributed by atoms with van der Waals surface area (Å²) in [5.74, 6) is -0.760.